The van der Waals surface area contributed by atoms with E-state index in [0.717, 1.165) is 12.1 Å². The first-order chi connectivity index (χ1) is 14.7. The Labute approximate surface area is 172 Å². The molecule has 3 aromatic carbocycles. The molecular formula is C20H11FN4O6. The van der Waals surface area contributed by atoms with Crippen molar-refractivity contribution < 1.29 is 19.2 Å². The number of rotatable bonds is 4. The van der Waals surface area contributed by atoms with Gasteiger partial charge in [-0.15, -0.1) is 0 Å². The largest absolute Gasteiger partial charge is 0.284 e. The number of aliphatic imine (C=N–C) groups is 1. The minimum absolute atomic E-state index is 0.0502. The monoisotopic (exact) mass is 422 g/mol. The van der Waals surface area contributed by atoms with Crippen molar-refractivity contribution in [2.24, 2.45) is 4.99 Å². The average Bonchev–Trinajstić information content (AvgIpc) is 3.03. The molecule has 0 amide bonds. The number of fused-ring (bicyclic) bond motifs is 3. The minimum Gasteiger partial charge on any atom is -0.258 e. The SMILES string of the molecule is Cc1c(F)cccc1N=C1c2cc([N+](=O)[O-])ccc2-c2c1cc([N+](=O)[O-])cc2[N+](=O)[O-]. The molecule has 0 unspecified atom stereocenters. The number of benzene rings is 3. The molecule has 10 nitrogen and oxygen atoms in total. The standard InChI is InChI=1S/C20H11FN4O6/c1-10-16(21)3-2-4-17(10)22-20-14-7-11(23(26)27)5-6-13(14)19-15(20)8-12(24(28)29)9-18(19)25(30)31/h2-9H,1H3. The van der Waals surface area contributed by atoms with Gasteiger partial charge in [-0.05, 0) is 30.7 Å². The van der Waals surface area contributed by atoms with Gasteiger partial charge in [-0.3, -0.25) is 30.3 Å². The fraction of sp³-hybridized carbons (Fsp3) is 0.0500. The Balaban J connectivity index is 2.11. The summed E-state index contributed by atoms with van der Waals surface area (Å²) in [5.41, 5.74) is -0.317. The van der Waals surface area contributed by atoms with Gasteiger partial charge in [0.2, 0.25) is 0 Å². The molecule has 31 heavy (non-hydrogen) atoms. The van der Waals surface area contributed by atoms with Gasteiger partial charge in [0.25, 0.3) is 17.1 Å². The van der Waals surface area contributed by atoms with Crippen molar-refractivity contribution in [1.29, 1.82) is 0 Å². The molecule has 0 bridgehead atoms. The zero-order valence-corrected chi connectivity index (χ0v) is 15.7. The highest BCUT2D eigenvalue weighted by Crippen LogP contribution is 2.46. The van der Waals surface area contributed by atoms with Gasteiger partial charge in [-0.1, -0.05) is 6.07 Å². The number of nitrogens with zero attached hydrogens (tertiary/aromatic N) is 4. The van der Waals surface area contributed by atoms with Crippen molar-refractivity contribution in [3.8, 4) is 11.1 Å². The lowest BCUT2D eigenvalue weighted by Crippen LogP contribution is -2.02. The Bertz CT molecular complexity index is 1350. The highest BCUT2D eigenvalue weighted by molar-refractivity contribution is 6.27. The van der Waals surface area contributed by atoms with Gasteiger partial charge in [0.15, 0.2) is 0 Å². The highest BCUT2D eigenvalue weighted by Gasteiger charge is 2.36. The van der Waals surface area contributed by atoms with Gasteiger partial charge in [-0.25, -0.2) is 9.38 Å². The van der Waals surface area contributed by atoms with E-state index in [1.165, 1.54) is 43.3 Å². The van der Waals surface area contributed by atoms with E-state index in [1.54, 1.807) is 0 Å². The average molecular weight is 422 g/mol. The summed E-state index contributed by atoms with van der Waals surface area (Å²) >= 11 is 0. The van der Waals surface area contributed by atoms with Crippen LogP contribution in [0.2, 0.25) is 0 Å². The number of hydrogen-bond donors (Lipinski definition) is 0. The van der Waals surface area contributed by atoms with Gasteiger partial charge in [0.1, 0.15) is 5.82 Å². The summed E-state index contributed by atoms with van der Waals surface area (Å²) in [4.78, 5) is 36.6. The van der Waals surface area contributed by atoms with Crippen LogP contribution in [0.1, 0.15) is 16.7 Å². The van der Waals surface area contributed by atoms with E-state index in [1.807, 2.05) is 0 Å². The molecule has 0 heterocycles. The fourth-order valence-corrected chi connectivity index (χ4v) is 3.49. The molecular weight excluding hydrogens is 411 g/mol. The third-order valence-corrected chi connectivity index (χ3v) is 4.97. The summed E-state index contributed by atoms with van der Waals surface area (Å²) in [6, 6.07) is 9.83. The molecule has 0 atom stereocenters. The fourth-order valence-electron chi connectivity index (χ4n) is 3.49. The first-order valence-corrected chi connectivity index (χ1v) is 8.79. The predicted octanol–water partition coefficient (Wildman–Crippen LogP) is 5.01. The third kappa shape index (κ3) is 3.17. The maximum atomic E-state index is 14.0. The van der Waals surface area contributed by atoms with E-state index in [2.05, 4.69) is 4.99 Å². The molecule has 0 aromatic heterocycles. The lowest BCUT2D eigenvalue weighted by Gasteiger charge is -2.06. The maximum Gasteiger partial charge on any atom is 0.284 e. The molecule has 4 rings (SSSR count). The molecule has 0 aliphatic heterocycles. The second-order valence-electron chi connectivity index (χ2n) is 6.73. The topological polar surface area (TPSA) is 142 Å². The van der Waals surface area contributed by atoms with Crippen LogP contribution < -0.4 is 0 Å². The molecule has 0 saturated carbocycles. The zero-order chi connectivity index (χ0) is 22.4. The molecule has 0 N–H and O–H groups in total. The third-order valence-electron chi connectivity index (χ3n) is 4.97. The number of nitro benzene ring substituents is 3. The van der Waals surface area contributed by atoms with Crippen LogP contribution in [0.4, 0.5) is 27.1 Å². The van der Waals surface area contributed by atoms with Crippen LogP contribution in [0.5, 0.6) is 0 Å². The summed E-state index contributed by atoms with van der Waals surface area (Å²) in [5, 5.41) is 34.3. The van der Waals surface area contributed by atoms with Crippen LogP contribution in [-0.4, -0.2) is 20.5 Å². The van der Waals surface area contributed by atoms with Crippen molar-refractivity contribution in [3.05, 3.63) is 101 Å². The molecule has 1 aliphatic carbocycles. The van der Waals surface area contributed by atoms with E-state index < -0.39 is 32.0 Å². The van der Waals surface area contributed by atoms with Gasteiger partial charge >= 0.3 is 0 Å². The van der Waals surface area contributed by atoms with Crippen LogP contribution in [0.15, 0.2) is 53.5 Å². The van der Waals surface area contributed by atoms with E-state index in [9.17, 15) is 34.7 Å². The van der Waals surface area contributed by atoms with Gasteiger partial charge in [0.05, 0.1) is 37.8 Å². The molecule has 0 radical (unpaired) electrons. The zero-order valence-electron chi connectivity index (χ0n) is 15.7. The molecule has 1 aliphatic rings. The number of halogens is 1. The van der Waals surface area contributed by atoms with Gasteiger partial charge in [-0.2, -0.15) is 0 Å². The van der Waals surface area contributed by atoms with Crippen LogP contribution in [0.25, 0.3) is 11.1 Å². The number of hydrogen-bond acceptors (Lipinski definition) is 7. The Morgan fingerprint density at radius 1 is 0.806 bits per heavy atom. The van der Waals surface area contributed by atoms with Crippen molar-refractivity contribution in [2.45, 2.75) is 6.92 Å². The second kappa shape index (κ2) is 7.06. The van der Waals surface area contributed by atoms with Crippen LogP contribution in [-0.2, 0) is 0 Å². The minimum atomic E-state index is -0.774. The van der Waals surface area contributed by atoms with Crippen LogP contribution >= 0.6 is 0 Å². The molecule has 0 saturated heterocycles. The Hall–Kier alpha value is -4.54. The summed E-state index contributed by atoms with van der Waals surface area (Å²) in [5.74, 6) is -0.538. The van der Waals surface area contributed by atoms with E-state index in [-0.39, 0.29) is 44.9 Å². The highest BCUT2D eigenvalue weighted by atomic mass is 19.1. The van der Waals surface area contributed by atoms with E-state index in [0.29, 0.717) is 0 Å². The normalized spacial score (nSPS) is 13.0. The van der Waals surface area contributed by atoms with Crippen LogP contribution in [0.3, 0.4) is 0 Å². The Kier molecular flexibility index (Phi) is 4.50. The quantitative estimate of drug-likeness (QED) is 0.334. The maximum absolute atomic E-state index is 14.0. The summed E-state index contributed by atoms with van der Waals surface area (Å²) in [6.07, 6.45) is 0. The Morgan fingerprint density at radius 3 is 2.13 bits per heavy atom. The lowest BCUT2D eigenvalue weighted by atomic mass is 10.0. The molecule has 3 aromatic rings. The first kappa shape index (κ1) is 19.8. The van der Waals surface area contributed by atoms with E-state index >= 15 is 0 Å². The molecule has 154 valence electrons. The summed E-state index contributed by atoms with van der Waals surface area (Å²) in [7, 11) is 0. The molecule has 0 fully saturated rings. The van der Waals surface area contributed by atoms with Crippen molar-refractivity contribution in [2.75, 3.05) is 0 Å². The van der Waals surface area contributed by atoms with Gasteiger partial charge in [0, 0.05) is 34.9 Å². The smallest absolute Gasteiger partial charge is 0.258 e. The molecule has 11 heteroatoms. The Morgan fingerprint density at radius 2 is 1.48 bits per heavy atom. The second-order valence-corrected chi connectivity index (χ2v) is 6.73. The summed E-state index contributed by atoms with van der Waals surface area (Å²) < 4.78 is 14.0. The number of non-ortho nitro benzene ring substituents is 2. The first-order valence-electron chi connectivity index (χ1n) is 8.79. The predicted molar refractivity (Wildman–Crippen MR) is 108 cm³/mol. The number of nitro groups is 3. The van der Waals surface area contributed by atoms with E-state index in [4.69, 9.17) is 0 Å². The van der Waals surface area contributed by atoms with Crippen molar-refractivity contribution >= 4 is 28.5 Å². The summed E-state index contributed by atoms with van der Waals surface area (Å²) in [6.45, 7) is 1.48. The molecule has 0 spiro atoms. The van der Waals surface area contributed by atoms with Gasteiger partial charge < -0.3 is 0 Å². The van der Waals surface area contributed by atoms with Crippen molar-refractivity contribution in [1.82, 2.24) is 0 Å². The lowest BCUT2D eigenvalue weighted by molar-refractivity contribution is -0.393. The van der Waals surface area contributed by atoms with Crippen molar-refractivity contribution in [3.63, 3.8) is 0 Å². The van der Waals surface area contributed by atoms with Crippen LogP contribution in [0, 0.1) is 43.1 Å².